The molecule has 4 nitrogen and oxygen atoms in total. The molecule has 1 aromatic heterocycles. The van der Waals surface area contributed by atoms with E-state index in [9.17, 15) is 18.0 Å². The Hall–Kier alpha value is -2.10. The Labute approximate surface area is 94.6 Å². The molecule has 0 fully saturated rings. The zero-order valence-electron chi connectivity index (χ0n) is 8.71. The molecule has 0 N–H and O–H groups in total. The van der Waals surface area contributed by atoms with Gasteiger partial charge in [0.2, 0.25) is 0 Å². The summed E-state index contributed by atoms with van der Waals surface area (Å²) < 4.78 is 41.5. The van der Waals surface area contributed by atoms with E-state index in [0.29, 0.717) is 6.07 Å². The van der Waals surface area contributed by atoms with Crippen LogP contribution in [0.25, 0.3) is 0 Å². The number of aromatic nitrogens is 1. The second kappa shape index (κ2) is 4.82. The minimum absolute atomic E-state index is 0.137. The summed E-state index contributed by atoms with van der Waals surface area (Å²) in [4.78, 5) is 14.5. The first-order valence-corrected chi connectivity index (χ1v) is 4.42. The Morgan fingerprint density at radius 1 is 1.53 bits per heavy atom. The van der Waals surface area contributed by atoms with Crippen LogP contribution in [0.1, 0.15) is 21.7 Å². The average molecular weight is 244 g/mol. The van der Waals surface area contributed by atoms with Gasteiger partial charge in [-0.25, -0.2) is 9.78 Å². The Bertz CT molecular complexity index is 477. The van der Waals surface area contributed by atoms with Gasteiger partial charge in [0.15, 0.2) is 0 Å². The number of methoxy groups -OCH3 is 1. The Balaban J connectivity index is 3.28. The minimum atomic E-state index is -4.61. The number of pyridine rings is 1. The molecule has 0 aromatic carbocycles. The maximum Gasteiger partial charge on any atom is 0.433 e. The van der Waals surface area contributed by atoms with Crippen molar-refractivity contribution in [3.63, 3.8) is 0 Å². The van der Waals surface area contributed by atoms with Gasteiger partial charge < -0.3 is 4.74 Å². The number of ether oxygens (including phenoxy) is 1. The molecule has 1 heterocycles. The lowest BCUT2D eigenvalue weighted by atomic mass is 10.1. The molecule has 0 spiro atoms. The second-order valence-electron chi connectivity index (χ2n) is 3.01. The molecule has 0 bridgehead atoms. The van der Waals surface area contributed by atoms with E-state index in [1.54, 1.807) is 6.07 Å². The van der Waals surface area contributed by atoms with Crippen LogP contribution < -0.4 is 0 Å². The van der Waals surface area contributed by atoms with Gasteiger partial charge >= 0.3 is 12.1 Å². The van der Waals surface area contributed by atoms with Gasteiger partial charge in [0, 0.05) is 0 Å². The zero-order valence-corrected chi connectivity index (χ0v) is 8.71. The van der Waals surface area contributed by atoms with Crippen LogP contribution in [0.4, 0.5) is 13.2 Å². The van der Waals surface area contributed by atoms with Crippen LogP contribution in [0.15, 0.2) is 12.1 Å². The van der Waals surface area contributed by atoms with Gasteiger partial charge in [-0.2, -0.15) is 18.4 Å². The summed E-state index contributed by atoms with van der Waals surface area (Å²) in [5, 5.41) is 8.47. The predicted octanol–water partition coefficient (Wildman–Crippen LogP) is 1.95. The van der Waals surface area contributed by atoms with Crippen molar-refractivity contribution in [2.45, 2.75) is 12.6 Å². The maximum atomic E-state index is 12.4. The van der Waals surface area contributed by atoms with Gasteiger partial charge in [0.25, 0.3) is 0 Å². The van der Waals surface area contributed by atoms with Crippen molar-refractivity contribution in [3.8, 4) is 6.07 Å². The number of carbonyl (C=O) groups excluding carboxylic acids is 1. The Morgan fingerprint density at radius 3 is 2.65 bits per heavy atom. The van der Waals surface area contributed by atoms with Crippen LogP contribution in [0.2, 0.25) is 0 Å². The molecule has 0 saturated heterocycles. The molecule has 0 aliphatic heterocycles. The van der Waals surface area contributed by atoms with Gasteiger partial charge in [-0.1, -0.05) is 0 Å². The monoisotopic (exact) mass is 244 g/mol. The van der Waals surface area contributed by atoms with Crippen LogP contribution in [0.3, 0.4) is 0 Å². The first-order valence-electron chi connectivity index (χ1n) is 4.42. The molecule has 1 aromatic rings. The quantitative estimate of drug-likeness (QED) is 0.746. The molecule has 0 amide bonds. The number of nitriles is 1. The number of carbonyl (C=O) groups is 1. The number of hydrogen-bond donors (Lipinski definition) is 0. The van der Waals surface area contributed by atoms with Crippen LogP contribution in [0.5, 0.6) is 0 Å². The number of esters is 1. The fraction of sp³-hybridized carbons (Fsp3) is 0.300. The highest BCUT2D eigenvalue weighted by atomic mass is 19.4. The molecule has 0 aliphatic rings. The third-order valence-electron chi connectivity index (χ3n) is 1.92. The van der Waals surface area contributed by atoms with Crippen molar-refractivity contribution in [1.82, 2.24) is 4.98 Å². The summed E-state index contributed by atoms with van der Waals surface area (Å²) in [6.45, 7) is 0. The largest absolute Gasteiger partial charge is 0.465 e. The summed E-state index contributed by atoms with van der Waals surface area (Å²) in [6, 6.07) is 3.27. The number of nitrogens with zero attached hydrogens (tertiary/aromatic N) is 2. The lowest BCUT2D eigenvalue weighted by molar-refractivity contribution is -0.141. The lowest BCUT2D eigenvalue weighted by Gasteiger charge is -2.09. The third-order valence-corrected chi connectivity index (χ3v) is 1.92. The highest BCUT2D eigenvalue weighted by molar-refractivity contribution is 5.90. The van der Waals surface area contributed by atoms with Gasteiger partial charge in [0.05, 0.1) is 30.9 Å². The van der Waals surface area contributed by atoms with Gasteiger partial charge in [0.1, 0.15) is 5.69 Å². The number of alkyl halides is 3. The number of halogens is 3. The summed E-state index contributed by atoms with van der Waals surface area (Å²) in [6.07, 6.45) is -5.01. The SMILES string of the molecule is COC(=O)c1ccc(C(F)(F)F)nc1CC#N. The van der Waals surface area contributed by atoms with Crippen molar-refractivity contribution in [2.24, 2.45) is 0 Å². The van der Waals surface area contributed by atoms with Crippen molar-refractivity contribution in [3.05, 3.63) is 29.1 Å². The van der Waals surface area contributed by atoms with E-state index in [4.69, 9.17) is 5.26 Å². The Morgan fingerprint density at radius 2 is 2.18 bits per heavy atom. The predicted molar refractivity (Wildman–Crippen MR) is 49.9 cm³/mol. The molecule has 0 saturated carbocycles. The maximum absolute atomic E-state index is 12.4. The molecule has 17 heavy (non-hydrogen) atoms. The fourth-order valence-corrected chi connectivity index (χ4v) is 1.16. The van der Waals surface area contributed by atoms with Crippen LogP contribution in [0, 0.1) is 11.3 Å². The second-order valence-corrected chi connectivity index (χ2v) is 3.01. The van der Waals surface area contributed by atoms with E-state index in [1.165, 1.54) is 0 Å². The minimum Gasteiger partial charge on any atom is -0.465 e. The lowest BCUT2D eigenvalue weighted by Crippen LogP contribution is -2.13. The van der Waals surface area contributed by atoms with Crippen molar-refractivity contribution in [1.29, 1.82) is 5.26 Å². The number of rotatable bonds is 2. The average Bonchev–Trinajstić information content (AvgIpc) is 2.27. The molecular formula is C10H7F3N2O2. The van der Waals surface area contributed by atoms with E-state index in [1.807, 2.05) is 0 Å². The van der Waals surface area contributed by atoms with Crippen LogP contribution in [-0.2, 0) is 17.3 Å². The van der Waals surface area contributed by atoms with Crippen molar-refractivity contribution < 1.29 is 22.7 Å². The molecule has 1 rings (SSSR count). The topological polar surface area (TPSA) is 63.0 Å². The summed E-state index contributed by atoms with van der Waals surface area (Å²) >= 11 is 0. The van der Waals surface area contributed by atoms with Crippen LogP contribution >= 0.6 is 0 Å². The molecule has 7 heteroatoms. The normalized spacial score (nSPS) is 10.8. The van der Waals surface area contributed by atoms with E-state index < -0.39 is 24.3 Å². The third kappa shape index (κ3) is 2.93. The Kier molecular flexibility index (Phi) is 3.68. The van der Waals surface area contributed by atoms with E-state index in [-0.39, 0.29) is 11.3 Å². The molecule has 90 valence electrons. The number of hydrogen-bond acceptors (Lipinski definition) is 4. The highest BCUT2D eigenvalue weighted by Crippen LogP contribution is 2.28. The molecule has 0 radical (unpaired) electrons. The first kappa shape index (κ1) is 13.0. The van der Waals surface area contributed by atoms with Crippen molar-refractivity contribution >= 4 is 5.97 Å². The van der Waals surface area contributed by atoms with E-state index in [2.05, 4.69) is 9.72 Å². The van der Waals surface area contributed by atoms with Gasteiger partial charge in [-0.15, -0.1) is 0 Å². The smallest absolute Gasteiger partial charge is 0.433 e. The van der Waals surface area contributed by atoms with Gasteiger partial charge in [-0.05, 0) is 12.1 Å². The summed E-state index contributed by atoms with van der Waals surface area (Å²) in [5.74, 6) is -0.823. The molecular weight excluding hydrogens is 237 g/mol. The van der Waals surface area contributed by atoms with Crippen LogP contribution in [-0.4, -0.2) is 18.1 Å². The zero-order chi connectivity index (χ0) is 13.1. The summed E-state index contributed by atoms with van der Waals surface area (Å²) in [7, 11) is 1.09. The van der Waals surface area contributed by atoms with Gasteiger partial charge in [-0.3, -0.25) is 0 Å². The van der Waals surface area contributed by atoms with E-state index in [0.717, 1.165) is 13.2 Å². The summed E-state index contributed by atoms with van der Waals surface area (Å²) in [5.41, 5.74) is -1.52. The molecule has 0 atom stereocenters. The first-order chi connectivity index (χ1) is 7.90. The molecule has 0 unspecified atom stereocenters. The van der Waals surface area contributed by atoms with E-state index >= 15 is 0 Å². The fourth-order valence-electron chi connectivity index (χ4n) is 1.16. The highest BCUT2D eigenvalue weighted by Gasteiger charge is 2.33. The van der Waals surface area contributed by atoms with Crippen molar-refractivity contribution in [2.75, 3.05) is 7.11 Å². The molecule has 0 aliphatic carbocycles. The standard InChI is InChI=1S/C10H7F3N2O2/c1-17-9(16)6-2-3-8(10(11,12)13)15-7(6)4-5-14/h2-3H,4H2,1H3.